The lowest BCUT2D eigenvalue weighted by Crippen LogP contribution is -2.47. The highest BCUT2D eigenvalue weighted by atomic mass is 16.5. The van der Waals surface area contributed by atoms with Crippen LogP contribution in [0.5, 0.6) is 0 Å². The van der Waals surface area contributed by atoms with Crippen LogP contribution in [0.4, 0.5) is 5.69 Å². The minimum atomic E-state index is -0.484. The molecule has 2 rings (SSSR count). The molecular weight excluding hydrogens is 272 g/mol. The topological polar surface area (TPSA) is 82.6 Å². The first-order valence-corrected chi connectivity index (χ1v) is 7.37. The lowest BCUT2D eigenvalue weighted by molar-refractivity contribution is -0.0470. The predicted molar refractivity (Wildman–Crippen MR) is 79.0 cm³/mol. The number of esters is 1. The van der Waals surface area contributed by atoms with E-state index in [0.717, 1.165) is 13.1 Å². The fourth-order valence-electron chi connectivity index (χ4n) is 2.42. The number of nitrogens with zero attached hydrogens (tertiary/aromatic N) is 3. The Kier molecular flexibility index (Phi) is 5.19. The third-order valence-corrected chi connectivity index (χ3v) is 3.55. The van der Waals surface area contributed by atoms with Gasteiger partial charge in [0, 0.05) is 25.3 Å². The van der Waals surface area contributed by atoms with E-state index in [-0.39, 0.29) is 11.8 Å². The normalized spacial score (nSPS) is 19.9. The summed E-state index contributed by atoms with van der Waals surface area (Å²) >= 11 is 0. The van der Waals surface area contributed by atoms with Gasteiger partial charge in [0.05, 0.1) is 31.5 Å². The summed E-state index contributed by atoms with van der Waals surface area (Å²) in [5, 5.41) is 4.21. The Labute approximate surface area is 125 Å². The molecule has 0 saturated carbocycles. The number of aromatic nitrogens is 2. The number of morpholine rings is 1. The molecule has 1 aromatic heterocycles. The van der Waals surface area contributed by atoms with Crippen molar-refractivity contribution < 1.29 is 14.3 Å². The fraction of sp³-hybridized carbons (Fsp3) is 0.714. The molecule has 0 aromatic carbocycles. The highest BCUT2D eigenvalue weighted by Gasteiger charge is 2.24. The third kappa shape index (κ3) is 3.95. The number of hydrogen-bond acceptors (Lipinski definition) is 6. The van der Waals surface area contributed by atoms with Gasteiger partial charge in [-0.25, -0.2) is 4.79 Å². The van der Waals surface area contributed by atoms with E-state index in [9.17, 15) is 4.79 Å². The van der Waals surface area contributed by atoms with Crippen molar-refractivity contribution in [1.29, 1.82) is 0 Å². The first kappa shape index (κ1) is 15.8. The van der Waals surface area contributed by atoms with Gasteiger partial charge in [-0.3, -0.25) is 9.58 Å². The van der Waals surface area contributed by atoms with Crippen LogP contribution in [-0.4, -0.2) is 59.1 Å². The van der Waals surface area contributed by atoms with Gasteiger partial charge in [-0.05, 0) is 20.8 Å². The summed E-state index contributed by atoms with van der Waals surface area (Å²) in [5.41, 5.74) is 6.33. The second-order valence-corrected chi connectivity index (χ2v) is 5.46. The van der Waals surface area contributed by atoms with Crippen LogP contribution in [0.25, 0.3) is 0 Å². The zero-order valence-corrected chi connectivity index (χ0v) is 12.9. The van der Waals surface area contributed by atoms with E-state index in [2.05, 4.69) is 23.8 Å². The molecule has 0 spiro atoms. The molecule has 1 aromatic rings. The Bertz CT molecular complexity index is 487. The number of hydrogen-bond donors (Lipinski definition) is 1. The smallest absolute Gasteiger partial charge is 0.361 e. The summed E-state index contributed by atoms with van der Waals surface area (Å²) in [6.45, 7) is 9.49. The van der Waals surface area contributed by atoms with Crippen LogP contribution < -0.4 is 5.73 Å². The molecule has 0 bridgehead atoms. The summed E-state index contributed by atoms with van der Waals surface area (Å²) in [5.74, 6) is -0.484. The van der Waals surface area contributed by atoms with Gasteiger partial charge in [0.1, 0.15) is 0 Å². The van der Waals surface area contributed by atoms with Crippen LogP contribution in [-0.2, 0) is 16.0 Å². The molecule has 7 heteroatoms. The van der Waals surface area contributed by atoms with E-state index in [1.807, 2.05) is 0 Å². The van der Waals surface area contributed by atoms with Gasteiger partial charge in [-0.15, -0.1) is 0 Å². The second kappa shape index (κ2) is 6.91. The molecule has 1 saturated heterocycles. The average molecular weight is 296 g/mol. The monoisotopic (exact) mass is 296 g/mol. The zero-order chi connectivity index (χ0) is 15.4. The number of nitrogens with two attached hydrogens (primary N) is 1. The largest absolute Gasteiger partial charge is 0.461 e. The van der Waals surface area contributed by atoms with E-state index < -0.39 is 5.97 Å². The quantitative estimate of drug-likeness (QED) is 0.807. The Hall–Kier alpha value is -1.60. The van der Waals surface area contributed by atoms with Crippen molar-refractivity contribution >= 4 is 11.7 Å². The lowest BCUT2D eigenvalue weighted by atomic mass is 10.2. The van der Waals surface area contributed by atoms with Crippen LogP contribution in [0.3, 0.4) is 0 Å². The number of carbonyl (C=O) groups is 1. The first-order chi connectivity index (χ1) is 10.0. The maximum atomic E-state index is 11.7. The molecule has 1 fully saturated rings. The molecule has 1 aliphatic rings. The van der Waals surface area contributed by atoms with Crippen LogP contribution in [0.1, 0.15) is 31.3 Å². The molecule has 7 nitrogen and oxygen atoms in total. The molecule has 21 heavy (non-hydrogen) atoms. The molecule has 118 valence electrons. The Morgan fingerprint density at radius 1 is 1.62 bits per heavy atom. The number of carbonyl (C=O) groups excluding carboxylic acids is 1. The Balaban J connectivity index is 2.00. The summed E-state index contributed by atoms with van der Waals surface area (Å²) < 4.78 is 12.3. The fourth-order valence-corrected chi connectivity index (χ4v) is 2.42. The van der Waals surface area contributed by atoms with Gasteiger partial charge in [-0.2, -0.15) is 5.10 Å². The zero-order valence-electron chi connectivity index (χ0n) is 12.9. The molecule has 0 amide bonds. The number of ether oxygens (including phenoxy) is 2. The molecule has 0 radical (unpaired) electrons. The molecule has 1 unspecified atom stereocenters. The van der Waals surface area contributed by atoms with Crippen LogP contribution >= 0.6 is 0 Å². The highest BCUT2D eigenvalue weighted by molar-refractivity contribution is 5.92. The molecular formula is C14H24N4O3. The van der Waals surface area contributed by atoms with Gasteiger partial charge in [0.15, 0.2) is 5.69 Å². The standard InChI is InChI=1S/C14H24N4O3/c1-4-20-14(19)13-12(15)9-18(16-13)8-11-7-17(10(2)3)5-6-21-11/h9-11H,4-8,15H2,1-3H3. The van der Waals surface area contributed by atoms with Gasteiger partial charge in [0.2, 0.25) is 0 Å². The summed E-state index contributed by atoms with van der Waals surface area (Å²) in [4.78, 5) is 14.1. The van der Waals surface area contributed by atoms with E-state index in [0.29, 0.717) is 31.5 Å². The highest BCUT2D eigenvalue weighted by Crippen LogP contribution is 2.14. The Morgan fingerprint density at radius 3 is 3.05 bits per heavy atom. The summed E-state index contributed by atoms with van der Waals surface area (Å²) in [6, 6.07) is 0.495. The average Bonchev–Trinajstić information content (AvgIpc) is 2.80. The van der Waals surface area contributed by atoms with Crippen molar-refractivity contribution in [1.82, 2.24) is 14.7 Å². The maximum absolute atomic E-state index is 11.7. The Morgan fingerprint density at radius 2 is 2.38 bits per heavy atom. The van der Waals surface area contributed by atoms with Crippen molar-refractivity contribution in [3.8, 4) is 0 Å². The van der Waals surface area contributed by atoms with Crippen molar-refractivity contribution in [2.45, 2.75) is 39.5 Å². The molecule has 1 aliphatic heterocycles. The summed E-state index contributed by atoms with van der Waals surface area (Å²) in [7, 11) is 0. The van der Waals surface area contributed by atoms with Crippen molar-refractivity contribution in [2.75, 3.05) is 32.0 Å². The molecule has 2 N–H and O–H groups in total. The van der Waals surface area contributed by atoms with E-state index in [4.69, 9.17) is 15.2 Å². The van der Waals surface area contributed by atoms with Gasteiger partial charge < -0.3 is 15.2 Å². The molecule has 1 atom stereocenters. The van der Waals surface area contributed by atoms with Crippen LogP contribution in [0.15, 0.2) is 6.20 Å². The second-order valence-electron chi connectivity index (χ2n) is 5.46. The minimum Gasteiger partial charge on any atom is -0.461 e. The van der Waals surface area contributed by atoms with E-state index >= 15 is 0 Å². The SMILES string of the molecule is CCOC(=O)c1nn(CC2CN(C(C)C)CCO2)cc1N. The van der Waals surface area contributed by atoms with Gasteiger partial charge >= 0.3 is 5.97 Å². The third-order valence-electron chi connectivity index (χ3n) is 3.55. The lowest BCUT2D eigenvalue weighted by Gasteiger charge is -2.35. The first-order valence-electron chi connectivity index (χ1n) is 7.37. The van der Waals surface area contributed by atoms with Crippen LogP contribution in [0, 0.1) is 0 Å². The van der Waals surface area contributed by atoms with E-state index in [1.165, 1.54) is 0 Å². The molecule has 0 aliphatic carbocycles. The summed E-state index contributed by atoms with van der Waals surface area (Å²) in [6.07, 6.45) is 1.71. The van der Waals surface area contributed by atoms with Crippen molar-refractivity contribution in [3.05, 3.63) is 11.9 Å². The maximum Gasteiger partial charge on any atom is 0.361 e. The number of anilines is 1. The van der Waals surface area contributed by atoms with Crippen molar-refractivity contribution in [3.63, 3.8) is 0 Å². The van der Waals surface area contributed by atoms with Crippen LogP contribution in [0.2, 0.25) is 0 Å². The number of nitrogen functional groups attached to an aromatic ring is 1. The van der Waals surface area contributed by atoms with Gasteiger partial charge in [-0.1, -0.05) is 0 Å². The minimum absolute atomic E-state index is 0.0514. The van der Waals surface area contributed by atoms with E-state index in [1.54, 1.807) is 17.8 Å². The van der Waals surface area contributed by atoms with Gasteiger partial charge in [0.25, 0.3) is 0 Å². The van der Waals surface area contributed by atoms with Crippen molar-refractivity contribution in [2.24, 2.45) is 0 Å². The predicted octanol–water partition coefficient (Wildman–Crippen LogP) is 0.751. The molecule has 2 heterocycles. The number of rotatable bonds is 5.